The molecule has 1 fully saturated rings. The Morgan fingerprint density at radius 2 is 2.29 bits per heavy atom. The lowest BCUT2D eigenvalue weighted by Gasteiger charge is -2.03. The Morgan fingerprint density at radius 3 is 2.79 bits per heavy atom. The van der Waals surface area contributed by atoms with Crippen molar-refractivity contribution >= 4 is 11.6 Å². The first-order valence-electron chi connectivity index (χ1n) is 4.89. The Hall–Kier alpha value is -0.600. The fourth-order valence-electron chi connectivity index (χ4n) is 2.43. The first-order chi connectivity index (χ1) is 6.59. The number of hydrogen-bond donors (Lipinski definition) is 1. The van der Waals surface area contributed by atoms with Crippen molar-refractivity contribution in [2.45, 2.75) is 19.8 Å². The normalized spacial score (nSPS) is 28.9. The topological polar surface area (TPSA) is 38.9 Å². The fraction of sp³-hybridized carbons (Fsp3) is 0.545. The van der Waals surface area contributed by atoms with Crippen LogP contribution in [0.3, 0.4) is 0 Å². The molecule has 2 atom stereocenters. The zero-order valence-electron chi connectivity index (χ0n) is 8.50. The summed E-state index contributed by atoms with van der Waals surface area (Å²) < 4.78 is 0. The van der Waals surface area contributed by atoms with Crippen LogP contribution in [0.25, 0.3) is 0 Å². The fourth-order valence-corrected chi connectivity index (χ4v) is 2.67. The van der Waals surface area contributed by atoms with Crippen LogP contribution in [-0.4, -0.2) is 11.5 Å². The maximum atomic E-state index is 6.06. The summed E-state index contributed by atoms with van der Waals surface area (Å²) in [5, 5.41) is 0.626. The van der Waals surface area contributed by atoms with Crippen molar-refractivity contribution < 1.29 is 0 Å². The highest BCUT2D eigenvalue weighted by Crippen LogP contribution is 2.64. The summed E-state index contributed by atoms with van der Waals surface area (Å²) >= 11 is 6.06. The summed E-state index contributed by atoms with van der Waals surface area (Å²) in [7, 11) is 0. The number of pyridine rings is 1. The molecule has 0 aliphatic heterocycles. The molecule has 0 aromatic carbocycles. The van der Waals surface area contributed by atoms with E-state index in [0.717, 1.165) is 12.1 Å². The Morgan fingerprint density at radius 1 is 1.57 bits per heavy atom. The Bertz CT molecular complexity index is 349. The molecule has 1 aromatic rings. The van der Waals surface area contributed by atoms with Crippen LogP contribution in [0.5, 0.6) is 0 Å². The smallest absolute Gasteiger partial charge is 0.132 e. The van der Waals surface area contributed by atoms with Gasteiger partial charge in [0.1, 0.15) is 5.15 Å². The SMILES string of the molecule is CC1(C)C(CN)C1c1cccnc1Cl. The van der Waals surface area contributed by atoms with Gasteiger partial charge in [-0.15, -0.1) is 0 Å². The molecule has 1 aromatic heterocycles. The van der Waals surface area contributed by atoms with Crippen LogP contribution in [-0.2, 0) is 0 Å². The molecular formula is C11H15ClN2. The van der Waals surface area contributed by atoms with Crippen LogP contribution in [0.1, 0.15) is 25.3 Å². The standard InChI is InChI=1S/C11H15ClN2/c1-11(2)8(6-13)9(11)7-4-3-5-14-10(7)12/h3-5,8-9H,6,13H2,1-2H3. The van der Waals surface area contributed by atoms with Gasteiger partial charge in [-0.1, -0.05) is 31.5 Å². The van der Waals surface area contributed by atoms with Crippen molar-refractivity contribution in [3.05, 3.63) is 29.0 Å². The summed E-state index contributed by atoms with van der Waals surface area (Å²) in [5.41, 5.74) is 7.15. The van der Waals surface area contributed by atoms with Crippen molar-refractivity contribution in [3.8, 4) is 0 Å². The van der Waals surface area contributed by atoms with Gasteiger partial charge in [-0.2, -0.15) is 0 Å². The van der Waals surface area contributed by atoms with E-state index in [1.54, 1.807) is 6.20 Å². The van der Waals surface area contributed by atoms with Crippen molar-refractivity contribution in [3.63, 3.8) is 0 Å². The van der Waals surface area contributed by atoms with E-state index in [1.165, 1.54) is 0 Å². The van der Waals surface area contributed by atoms with Crippen molar-refractivity contribution in [2.24, 2.45) is 17.1 Å². The summed E-state index contributed by atoms with van der Waals surface area (Å²) in [6, 6.07) is 3.99. The number of hydrogen-bond acceptors (Lipinski definition) is 2. The predicted octanol–water partition coefficient (Wildman–Crippen LogP) is 2.43. The van der Waals surface area contributed by atoms with Crippen molar-refractivity contribution in [2.75, 3.05) is 6.54 Å². The van der Waals surface area contributed by atoms with E-state index < -0.39 is 0 Å². The van der Waals surface area contributed by atoms with Gasteiger partial charge in [0.2, 0.25) is 0 Å². The molecule has 1 aliphatic rings. The molecule has 0 spiro atoms. The largest absolute Gasteiger partial charge is 0.330 e. The molecule has 1 saturated carbocycles. The second kappa shape index (κ2) is 3.21. The molecule has 14 heavy (non-hydrogen) atoms. The Labute approximate surface area is 89.5 Å². The number of nitrogens with zero attached hydrogens (tertiary/aromatic N) is 1. The quantitative estimate of drug-likeness (QED) is 0.762. The van der Waals surface area contributed by atoms with E-state index in [-0.39, 0.29) is 5.41 Å². The van der Waals surface area contributed by atoms with Crippen molar-refractivity contribution in [1.29, 1.82) is 0 Å². The highest BCUT2D eigenvalue weighted by Gasteiger charge is 2.57. The second-order valence-electron chi connectivity index (χ2n) is 4.52. The third-order valence-electron chi connectivity index (χ3n) is 3.43. The second-order valence-corrected chi connectivity index (χ2v) is 4.88. The third-order valence-corrected chi connectivity index (χ3v) is 3.74. The van der Waals surface area contributed by atoms with Crippen LogP contribution in [0.4, 0.5) is 0 Å². The van der Waals surface area contributed by atoms with E-state index in [9.17, 15) is 0 Å². The molecule has 1 aliphatic carbocycles. The van der Waals surface area contributed by atoms with E-state index in [1.807, 2.05) is 6.07 Å². The van der Waals surface area contributed by atoms with Gasteiger partial charge in [0.15, 0.2) is 0 Å². The molecule has 76 valence electrons. The average molecular weight is 211 g/mol. The number of rotatable bonds is 2. The van der Waals surface area contributed by atoms with E-state index >= 15 is 0 Å². The van der Waals surface area contributed by atoms with Gasteiger partial charge < -0.3 is 5.73 Å². The minimum absolute atomic E-state index is 0.279. The molecule has 2 rings (SSSR count). The lowest BCUT2D eigenvalue weighted by Crippen LogP contribution is -2.05. The van der Waals surface area contributed by atoms with E-state index in [0.29, 0.717) is 17.0 Å². The lowest BCUT2D eigenvalue weighted by atomic mass is 10.1. The summed E-state index contributed by atoms with van der Waals surface area (Å²) in [4.78, 5) is 4.10. The van der Waals surface area contributed by atoms with Gasteiger partial charge in [-0.05, 0) is 35.4 Å². The molecule has 0 bridgehead atoms. The maximum absolute atomic E-state index is 6.06. The zero-order chi connectivity index (χ0) is 10.3. The first-order valence-corrected chi connectivity index (χ1v) is 5.27. The van der Waals surface area contributed by atoms with Gasteiger partial charge in [0.25, 0.3) is 0 Å². The van der Waals surface area contributed by atoms with Gasteiger partial charge in [-0.3, -0.25) is 0 Å². The van der Waals surface area contributed by atoms with Crippen molar-refractivity contribution in [1.82, 2.24) is 4.98 Å². The van der Waals surface area contributed by atoms with Crippen LogP contribution in [0.15, 0.2) is 18.3 Å². The van der Waals surface area contributed by atoms with Gasteiger partial charge in [0, 0.05) is 6.20 Å². The highest BCUT2D eigenvalue weighted by atomic mass is 35.5. The monoisotopic (exact) mass is 210 g/mol. The minimum Gasteiger partial charge on any atom is -0.330 e. The number of nitrogens with two attached hydrogens (primary N) is 1. The van der Waals surface area contributed by atoms with Crippen LogP contribution < -0.4 is 5.73 Å². The minimum atomic E-state index is 0.279. The summed E-state index contributed by atoms with van der Waals surface area (Å²) in [5.74, 6) is 1.03. The number of aromatic nitrogens is 1. The highest BCUT2D eigenvalue weighted by molar-refractivity contribution is 6.30. The maximum Gasteiger partial charge on any atom is 0.132 e. The van der Waals surface area contributed by atoms with E-state index in [4.69, 9.17) is 17.3 Å². The Kier molecular flexibility index (Phi) is 2.28. The zero-order valence-corrected chi connectivity index (χ0v) is 9.25. The third kappa shape index (κ3) is 1.33. The molecule has 2 nitrogen and oxygen atoms in total. The van der Waals surface area contributed by atoms with Gasteiger partial charge in [-0.25, -0.2) is 4.98 Å². The lowest BCUT2D eigenvalue weighted by molar-refractivity contribution is 0.558. The molecule has 3 heteroatoms. The average Bonchev–Trinajstić information content (AvgIpc) is 2.69. The summed E-state index contributed by atoms with van der Waals surface area (Å²) in [6.45, 7) is 5.19. The van der Waals surface area contributed by atoms with E-state index in [2.05, 4.69) is 24.9 Å². The predicted molar refractivity (Wildman–Crippen MR) is 58.3 cm³/mol. The molecule has 2 unspecified atom stereocenters. The first kappa shape index (κ1) is 9.94. The molecule has 1 heterocycles. The van der Waals surface area contributed by atoms with Crippen LogP contribution >= 0.6 is 11.6 Å². The van der Waals surface area contributed by atoms with Crippen LogP contribution in [0.2, 0.25) is 5.15 Å². The van der Waals surface area contributed by atoms with Gasteiger partial charge >= 0.3 is 0 Å². The molecule has 0 radical (unpaired) electrons. The molecule has 0 saturated heterocycles. The molecule has 0 amide bonds. The van der Waals surface area contributed by atoms with Gasteiger partial charge in [0.05, 0.1) is 0 Å². The summed E-state index contributed by atoms with van der Waals surface area (Å²) in [6.07, 6.45) is 1.72. The molecular weight excluding hydrogens is 196 g/mol. The number of halogens is 1. The molecule has 2 N–H and O–H groups in total. The Balaban J connectivity index is 2.31. The van der Waals surface area contributed by atoms with Crippen LogP contribution in [0, 0.1) is 11.3 Å².